The Morgan fingerprint density at radius 3 is 1.64 bits per heavy atom. The molecule has 0 saturated heterocycles. The van der Waals surface area contributed by atoms with Crippen LogP contribution in [0.1, 0.15) is 129 Å². The third-order valence-corrected chi connectivity index (χ3v) is 9.55. The van der Waals surface area contributed by atoms with Crippen molar-refractivity contribution in [3.8, 4) is 0 Å². The number of unbranched alkanes of at least 4 members (excludes halogenated alkanes) is 6. The van der Waals surface area contributed by atoms with E-state index in [4.69, 9.17) is 19.1 Å². The number of aliphatic hydroxyl groups is 4. The predicted octanol–water partition coefficient (Wildman–Crippen LogP) is 9.72. The highest BCUT2D eigenvalue weighted by Gasteiger charge is 2.27. The number of rotatable bonds is 39. The number of esters is 2. The number of allylic oxidation sites excluding steroid dienone is 15. The van der Waals surface area contributed by atoms with Gasteiger partial charge < -0.3 is 34.8 Å². The Labute approximate surface area is 366 Å². The first-order valence-electron chi connectivity index (χ1n) is 22.1. The minimum atomic E-state index is -4.71. The summed E-state index contributed by atoms with van der Waals surface area (Å²) in [4.78, 5) is 35.0. The van der Waals surface area contributed by atoms with Crippen LogP contribution in [0.15, 0.2) is 109 Å². The first-order chi connectivity index (χ1) is 29.5. The Kier molecular flexibility index (Phi) is 39.5. The lowest BCUT2D eigenvalue weighted by Crippen LogP contribution is -2.30. The Hall–Kier alpha value is -3.45. The standard InChI is InChI=1S/C48H77O12P/c1-3-5-7-9-11-12-13-14-15-16-17-18-19-20-21-22-23-25-31-37-47(53)57-41-46(42-59-61(55,56)58-40-45(52)39-49)60-48(54)38-32-36-44(51)35-30-27-26-29-34-43(50)33-28-24-10-8-6-4-2/h11-12,14-15,17-18,20-21,23-30,34-35,43-46,49-52H,3-10,13,16,19,22,31-33,36-42H2,1-2H3,(H,55,56)/b12-11-,15-14-,18-17-,21-20-,25-23-,27-26+,28-24-,34-29+,35-30-/t43-,44-,45-,46+/m0/s1. The van der Waals surface area contributed by atoms with E-state index in [1.807, 2.05) is 24.3 Å². The highest BCUT2D eigenvalue weighted by Crippen LogP contribution is 2.43. The van der Waals surface area contributed by atoms with E-state index in [9.17, 15) is 34.4 Å². The van der Waals surface area contributed by atoms with Crippen LogP contribution in [0.4, 0.5) is 0 Å². The third-order valence-electron chi connectivity index (χ3n) is 8.60. The van der Waals surface area contributed by atoms with Gasteiger partial charge in [0.1, 0.15) is 12.7 Å². The molecule has 5 N–H and O–H groups in total. The summed E-state index contributed by atoms with van der Waals surface area (Å²) in [7, 11) is -4.71. The van der Waals surface area contributed by atoms with Crippen LogP contribution in [0, 0.1) is 0 Å². The fourth-order valence-corrected chi connectivity index (χ4v) is 5.90. The van der Waals surface area contributed by atoms with Crippen LogP contribution in [-0.4, -0.2) is 88.1 Å². The molecular weight excluding hydrogens is 799 g/mol. The lowest BCUT2D eigenvalue weighted by molar-refractivity contribution is -0.161. The number of phosphoric acid groups is 1. The van der Waals surface area contributed by atoms with Gasteiger partial charge >= 0.3 is 19.8 Å². The molecule has 0 aliphatic heterocycles. The number of hydrogen-bond acceptors (Lipinski definition) is 11. The molecule has 0 bridgehead atoms. The number of carbonyl (C=O) groups excluding carboxylic acids is 2. The van der Waals surface area contributed by atoms with E-state index in [-0.39, 0.29) is 25.7 Å². The van der Waals surface area contributed by atoms with Gasteiger partial charge in [-0.25, -0.2) is 4.57 Å². The van der Waals surface area contributed by atoms with Crippen molar-refractivity contribution in [2.24, 2.45) is 0 Å². The number of aliphatic hydroxyl groups excluding tert-OH is 4. The zero-order valence-electron chi connectivity index (χ0n) is 36.8. The maximum absolute atomic E-state index is 12.6. The van der Waals surface area contributed by atoms with E-state index in [0.717, 1.165) is 38.5 Å². The van der Waals surface area contributed by atoms with Crippen molar-refractivity contribution < 1.29 is 58.0 Å². The van der Waals surface area contributed by atoms with Crippen LogP contribution >= 0.6 is 7.82 Å². The Morgan fingerprint density at radius 2 is 1.08 bits per heavy atom. The van der Waals surface area contributed by atoms with E-state index in [1.165, 1.54) is 32.1 Å². The summed E-state index contributed by atoms with van der Waals surface area (Å²) >= 11 is 0. The third kappa shape index (κ3) is 41.7. The molecule has 0 aromatic carbocycles. The summed E-state index contributed by atoms with van der Waals surface area (Å²) in [5, 5.41) is 38.6. The molecule has 0 aromatic heterocycles. The van der Waals surface area contributed by atoms with Gasteiger partial charge in [-0.3, -0.25) is 18.6 Å². The van der Waals surface area contributed by atoms with Crippen LogP contribution in [0.5, 0.6) is 0 Å². The van der Waals surface area contributed by atoms with Gasteiger partial charge in [-0.1, -0.05) is 149 Å². The van der Waals surface area contributed by atoms with Gasteiger partial charge in [-0.15, -0.1) is 0 Å². The molecule has 0 amide bonds. The molecule has 0 rings (SSSR count). The lowest BCUT2D eigenvalue weighted by atomic mass is 10.1. The summed E-state index contributed by atoms with van der Waals surface area (Å²) in [6.45, 7) is 1.89. The normalized spacial score (nSPS) is 15.9. The number of phosphoric ester groups is 1. The highest BCUT2D eigenvalue weighted by molar-refractivity contribution is 7.47. The maximum Gasteiger partial charge on any atom is 0.472 e. The summed E-state index contributed by atoms with van der Waals surface area (Å²) in [6.07, 6.45) is 45.5. The zero-order chi connectivity index (χ0) is 45.1. The largest absolute Gasteiger partial charge is 0.472 e. The van der Waals surface area contributed by atoms with Crippen molar-refractivity contribution in [3.63, 3.8) is 0 Å². The number of ether oxygens (including phenoxy) is 2. The van der Waals surface area contributed by atoms with Crippen LogP contribution in [0.3, 0.4) is 0 Å². The lowest BCUT2D eigenvalue weighted by Gasteiger charge is -2.20. The van der Waals surface area contributed by atoms with Crippen LogP contribution < -0.4 is 0 Å². The first-order valence-corrected chi connectivity index (χ1v) is 23.6. The molecule has 0 heterocycles. The molecule has 13 heteroatoms. The van der Waals surface area contributed by atoms with Gasteiger partial charge in [0.25, 0.3) is 0 Å². The molecular formula is C48H77O12P. The van der Waals surface area contributed by atoms with Gasteiger partial charge in [0.2, 0.25) is 0 Å². The van der Waals surface area contributed by atoms with E-state index >= 15 is 0 Å². The van der Waals surface area contributed by atoms with E-state index in [2.05, 4.69) is 67.0 Å². The van der Waals surface area contributed by atoms with Crippen molar-refractivity contribution in [3.05, 3.63) is 109 Å². The Bertz CT molecular complexity index is 1410. The molecule has 0 fully saturated rings. The fourth-order valence-electron chi connectivity index (χ4n) is 5.11. The molecule has 0 saturated carbocycles. The van der Waals surface area contributed by atoms with Crippen LogP contribution in [0.2, 0.25) is 0 Å². The minimum Gasteiger partial charge on any atom is -0.462 e. The quantitative estimate of drug-likeness (QED) is 0.0129. The van der Waals surface area contributed by atoms with Crippen molar-refractivity contribution >= 4 is 19.8 Å². The summed E-state index contributed by atoms with van der Waals surface area (Å²) in [5.74, 6) is -1.27. The van der Waals surface area contributed by atoms with Crippen molar-refractivity contribution in [1.82, 2.24) is 0 Å². The molecule has 0 spiro atoms. The van der Waals surface area contributed by atoms with E-state index < -0.39 is 70.6 Å². The molecule has 0 aliphatic rings. The predicted molar refractivity (Wildman–Crippen MR) is 244 cm³/mol. The number of hydrogen-bond donors (Lipinski definition) is 5. The average molecular weight is 877 g/mol. The topological polar surface area (TPSA) is 189 Å². The molecule has 12 nitrogen and oxygen atoms in total. The van der Waals surface area contributed by atoms with Crippen molar-refractivity contribution in [2.75, 3.05) is 26.4 Å². The maximum atomic E-state index is 12.6. The summed E-state index contributed by atoms with van der Waals surface area (Å²) < 4.78 is 32.4. The van der Waals surface area contributed by atoms with Gasteiger partial charge in [0.15, 0.2) is 6.10 Å². The Morgan fingerprint density at radius 1 is 0.574 bits per heavy atom. The molecule has 1 unspecified atom stereocenters. The molecule has 5 atom stereocenters. The average Bonchev–Trinajstić information content (AvgIpc) is 3.24. The van der Waals surface area contributed by atoms with Crippen LogP contribution in [-0.2, 0) is 32.7 Å². The van der Waals surface area contributed by atoms with Crippen molar-refractivity contribution in [2.45, 2.75) is 154 Å². The second-order valence-corrected chi connectivity index (χ2v) is 15.9. The molecule has 0 radical (unpaired) electrons. The SMILES string of the molecule is CCCCC/C=C\C/C=C\C/C=C\C/C=C\C/C=C\CCC(=O)OC[C@H](COP(=O)(O)OC[C@@H](O)CO)OC(=O)CCC[C@@H](O)\C=C/C=C/C=C/[C@@H](O)C/C=C\CCCCC. The van der Waals surface area contributed by atoms with Gasteiger partial charge in [0, 0.05) is 12.8 Å². The number of carbonyl (C=O) groups is 2. The van der Waals surface area contributed by atoms with Crippen molar-refractivity contribution in [1.29, 1.82) is 0 Å². The first kappa shape index (κ1) is 57.5. The summed E-state index contributed by atoms with van der Waals surface area (Å²) in [5.41, 5.74) is 0. The highest BCUT2D eigenvalue weighted by atomic mass is 31.2. The monoisotopic (exact) mass is 877 g/mol. The summed E-state index contributed by atoms with van der Waals surface area (Å²) in [6, 6.07) is 0. The smallest absolute Gasteiger partial charge is 0.462 e. The van der Waals surface area contributed by atoms with Gasteiger partial charge in [-0.05, 0) is 77.0 Å². The molecule has 0 aromatic rings. The zero-order valence-corrected chi connectivity index (χ0v) is 37.7. The van der Waals surface area contributed by atoms with E-state index in [0.29, 0.717) is 19.3 Å². The van der Waals surface area contributed by atoms with Gasteiger partial charge in [-0.2, -0.15) is 0 Å². The van der Waals surface area contributed by atoms with Gasteiger partial charge in [0.05, 0.1) is 32.0 Å². The Balaban J connectivity index is 4.69. The fraction of sp³-hybridized carbons (Fsp3) is 0.583. The molecule has 0 aliphatic carbocycles. The van der Waals surface area contributed by atoms with Crippen LogP contribution in [0.25, 0.3) is 0 Å². The second kappa shape index (κ2) is 41.9. The van der Waals surface area contributed by atoms with E-state index in [1.54, 1.807) is 36.5 Å². The second-order valence-electron chi connectivity index (χ2n) is 14.4. The molecule has 61 heavy (non-hydrogen) atoms. The minimum absolute atomic E-state index is 0.0585. The molecule has 346 valence electrons.